The molecule has 0 spiro atoms. The monoisotopic (exact) mass is 513 g/mol. The SMILES string of the molecule is COC(=O)c1cnc2c3cc(F)c(-c4c(C)noc4C)cc3n([C@H](c3ccccc3)C3CCOCC3)c2c1. The van der Waals surface area contributed by atoms with Gasteiger partial charge in [-0.05, 0) is 56.4 Å². The number of pyridine rings is 1. The van der Waals surface area contributed by atoms with Gasteiger partial charge in [-0.15, -0.1) is 0 Å². The summed E-state index contributed by atoms with van der Waals surface area (Å²) >= 11 is 0. The predicted molar refractivity (Wildman–Crippen MR) is 142 cm³/mol. The van der Waals surface area contributed by atoms with Crippen LogP contribution in [0.25, 0.3) is 33.1 Å². The Labute approximate surface area is 219 Å². The first kappa shape index (κ1) is 24.3. The number of fused-ring (bicyclic) bond motifs is 3. The third-order valence-corrected chi connectivity index (χ3v) is 7.58. The van der Waals surface area contributed by atoms with Gasteiger partial charge in [0.2, 0.25) is 0 Å². The highest BCUT2D eigenvalue weighted by molar-refractivity contribution is 6.08. The van der Waals surface area contributed by atoms with E-state index < -0.39 is 5.97 Å². The van der Waals surface area contributed by atoms with Crippen molar-refractivity contribution in [2.45, 2.75) is 32.7 Å². The maximum absolute atomic E-state index is 15.7. The van der Waals surface area contributed by atoms with Crippen LogP contribution in [0.2, 0.25) is 0 Å². The van der Waals surface area contributed by atoms with Crippen LogP contribution in [0.4, 0.5) is 4.39 Å². The summed E-state index contributed by atoms with van der Waals surface area (Å²) in [5, 5.41) is 4.73. The first-order chi connectivity index (χ1) is 18.5. The van der Waals surface area contributed by atoms with Gasteiger partial charge in [0.25, 0.3) is 0 Å². The topological polar surface area (TPSA) is 79.4 Å². The molecule has 0 bridgehead atoms. The van der Waals surface area contributed by atoms with Crippen LogP contribution >= 0.6 is 0 Å². The van der Waals surface area contributed by atoms with Crippen molar-refractivity contribution >= 4 is 27.9 Å². The molecule has 0 saturated carbocycles. The summed E-state index contributed by atoms with van der Waals surface area (Å²) in [6.45, 7) is 4.95. The van der Waals surface area contributed by atoms with Crippen LogP contribution in [0, 0.1) is 25.6 Å². The summed E-state index contributed by atoms with van der Waals surface area (Å²) in [5.41, 5.74) is 5.36. The zero-order valence-electron chi connectivity index (χ0n) is 21.5. The minimum absolute atomic E-state index is 0.0854. The van der Waals surface area contributed by atoms with Gasteiger partial charge in [0.05, 0.1) is 46.5 Å². The molecule has 2 aromatic carbocycles. The lowest BCUT2D eigenvalue weighted by molar-refractivity contribution is 0.0553. The average molecular weight is 514 g/mol. The highest BCUT2D eigenvalue weighted by Gasteiger charge is 2.31. The Hall–Kier alpha value is -4.04. The maximum atomic E-state index is 15.7. The molecule has 7 nitrogen and oxygen atoms in total. The molecule has 3 aromatic heterocycles. The lowest BCUT2D eigenvalue weighted by Crippen LogP contribution is -2.27. The van der Waals surface area contributed by atoms with E-state index in [4.69, 9.17) is 14.0 Å². The smallest absolute Gasteiger partial charge is 0.339 e. The fourth-order valence-electron chi connectivity index (χ4n) is 5.83. The normalized spacial score (nSPS) is 15.3. The lowest BCUT2D eigenvalue weighted by atomic mass is 9.86. The number of rotatable bonds is 5. The largest absolute Gasteiger partial charge is 0.465 e. The first-order valence-corrected chi connectivity index (χ1v) is 12.8. The van der Waals surface area contributed by atoms with Crippen LogP contribution < -0.4 is 0 Å². The fourth-order valence-corrected chi connectivity index (χ4v) is 5.83. The van der Waals surface area contributed by atoms with Gasteiger partial charge >= 0.3 is 5.97 Å². The highest BCUT2D eigenvalue weighted by Crippen LogP contribution is 2.42. The number of methoxy groups -OCH3 is 1. The molecule has 1 aliphatic rings. The third-order valence-electron chi connectivity index (χ3n) is 7.58. The second-order valence-corrected chi connectivity index (χ2v) is 9.81. The van der Waals surface area contributed by atoms with Gasteiger partial charge in [0.1, 0.15) is 11.6 Å². The van der Waals surface area contributed by atoms with Crippen molar-refractivity contribution in [1.82, 2.24) is 14.7 Å². The number of esters is 1. The van der Waals surface area contributed by atoms with Crippen LogP contribution in [0.1, 0.15) is 46.3 Å². The molecular weight excluding hydrogens is 485 g/mol. The van der Waals surface area contributed by atoms with E-state index >= 15 is 4.39 Å². The van der Waals surface area contributed by atoms with Crippen molar-refractivity contribution in [3.63, 3.8) is 0 Å². The number of hydrogen-bond donors (Lipinski definition) is 0. The molecule has 6 rings (SSSR count). The summed E-state index contributed by atoms with van der Waals surface area (Å²) in [5.74, 6) is -0.0360. The van der Waals surface area contributed by atoms with Crippen molar-refractivity contribution < 1.29 is 23.2 Å². The molecular formula is C30H28FN3O4. The molecule has 8 heteroatoms. The molecule has 0 radical (unpaired) electrons. The molecule has 5 aromatic rings. The number of hydrogen-bond acceptors (Lipinski definition) is 6. The third kappa shape index (κ3) is 3.96. The van der Waals surface area contributed by atoms with E-state index in [9.17, 15) is 4.79 Å². The molecule has 194 valence electrons. The second-order valence-electron chi connectivity index (χ2n) is 9.81. The quantitative estimate of drug-likeness (QED) is 0.253. The van der Waals surface area contributed by atoms with E-state index in [1.807, 2.05) is 31.2 Å². The Morgan fingerprint density at radius 3 is 2.55 bits per heavy atom. The number of carbonyl (C=O) groups is 1. The molecule has 1 fully saturated rings. The number of ether oxygens (including phenoxy) is 2. The van der Waals surface area contributed by atoms with Crippen LogP contribution in [-0.2, 0) is 9.47 Å². The van der Waals surface area contributed by atoms with Crippen molar-refractivity contribution in [2.24, 2.45) is 5.92 Å². The minimum atomic E-state index is -0.471. The van der Waals surface area contributed by atoms with Crippen molar-refractivity contribution in [3.05, 3.63) is 83.1 Å². The van der Waals surface area contributed by atoms with E-state index in [0.717, 1.165) is 29.4 Å². The summed E-state index contributed by atoms with van der Waals surface area (Å²) < 4.78 is 34.0. The van der Waals surface area contributed by atoms with Gasteiger partial charge in [-0.3, -0.25) is 4.98 Å². The van der Waals surface area contributed by atoms with Crippen LogP contribution in [0.15, 0.2) is 59.3 Å². The van der Waals surface area contributed by atoms with E-state index in [0.29, 0.717) is 52.3 Å². The summed E-state index contributed by atoms with van der Waals surface area (Å²) in [4.78, 5) is 17.1. The maximum Gasteiger partial charge on any atom is 0.339 e. The number of carbonyl (C=O) groups excluding carboxylic acids is 1. The zero-order valence-corrected chi connectivity index (χ0v) is 21.5. The summed E-state index contributed by atoms with van der Waals surface area (Å²) in [6.07, 6.45) is 3.25. The Kier molecular flexibility index (Phi) is 6.19. The second kappa shape index (κ2) is 9.68. The lowest BCUT2D eigenvalue weighted by Gasteiger charge is -2.33. The Morgan fingerprint density at radius 2 is 1.87 bits per heavy atom. The summed E-state index contributed by atoms with van der Waals surface area (Å²) in [6, 6.07) is 15.4. The molecule has 1 saturated heterocycles. The van der Waals surface area contributed by atoms with Gasteiger partial charge in [0, 0.05) is 30.4 Å². The van der Waals surface area contributed by atoms with Gasteiger partial charge in [-0.1, -0.05) is 35.5 Å². The Morgan fingerprint density at radius 1 is 1.11 bits per heavy atom. The molecule has 4 heterocycles. The molecule has 0 unspecified atom stereocenters. The highest BCUT2D eigenvalue weighted by atomic mass is 19.1. The number of benzene rings is 2. The van der Waals surface area contributed by atoms with Crippen molar-refractivity contribution in [3.8, 4) is 11.1 Å². The van der Waals surface area contributed by atoms with Crippen molar-refractivity contribution in [2.75, 3.05) is 20.3 Å². The molecule has 1 aliphatic heterocycles. The van der Waals surface area contributed by atoms with Gasteiger partial charge in [-0.2, -0.15) is 0 Å². The van der Waals surface area contributed by atoms with Crippen LogP contribution in [0.3, 0.4) is 0 Å². The van der Waals surface area contributed by atoms with Crippen LogP contribution in [-0.4, -0.2) is 41.0 Å². The Balaban J connectivity index is 1.71. The molecule has 1 atom stereocenters. The average Bonchev–Trinajstić information content (AvgIpc) is 3.44. The van der Waals surface area contributed by atoms with Gasteiger partial charge < -0.3 is 18.6 Å². The summed E-state index contributed by atoms with van der Waals surface area (Å²) in [7, 11) is 1.35. The van der Waals surface area contributed by atoms with Gasteiger partial charge in [-0.25, -0.2) is 9.18 Å². The Bertz CT molecular complexity index is 1630. The van der Waals surface area contributed by atoms with Crippen LogP contribution in [0.5, 0.6) is 0 Å². The van der Waals surface area contributed by atoms with Crippen molar-refractivity contribution in [1.29, 1.82) is 0 Å². The fraction of sp³-hybridized carbons (Fsp3) is 0.300. The van der Waals surface area contributed by atoms with E-state index in [2.05, 4.69) is 26.8 Å². The predicted octanol–water partition coefficient (Wildman–Crippen LogP) is 6.40. The minimum Gasteiger partial charge on any atom is -0.465 e. The van der Waals surface area contributed by atoms with E-state index in [1.54, 1.807) is 13.0 Å². The van der Waals surface area contributed by atoms with E-state index in [1.165, 1.54) is 19.4 Å². The van der Waals surface area contributed by atoms with Gasteiger partial charge in [0.15, 0.2) is 0 Å². The molecule has 0 amide bonds. The molecule has 0 N–H and O–H groups in total. The number of aryl methyl sites for hydroxylation is 2. The molecule has 38 heavy (non-hydrogen) atoms. The first-order valence-electron chi connectivity index (χ1n) is 12.8. The number of nitrogens with zero attached hydrogens (tertiary/aromatic N) is 3. The standard InChI is InChI=1S/C30H28FN3O4/c1-17-27(18(2)38-33-17)22-15-25-23(14-24(22)31)28-26(13-21(16-32-28)30(35)36-3)34(25)29(19-7-5-4-6-8-19)20-9-11-37-12-10-20/h4-8,13-16,20,29H,9-12H2,1-3H3/t29-/m1/s1. The molecule has 0 aliphatic carbocycles. The number of aromatic nitrogens is 3. The zero-order chi connectivity index (χ0) is 26.4. The number of halogens is 1. The van der Waals surface area contributed by atoms with E-state index in [-0.39, 0.29) is 17.8 Å².